The van der Waals surface area contributed by atoms with Crippen LogP contribution in [0.15, 0.2) is 0 Å². The molecule has 2 saturated heterocycles. The molecule has 2 heterocycles. The maximum Gasteiger partial charge on any atom is 0.115 e. The number of hydrogen-bond donors (Lipinski definition) is 0. The van der Waals surface area contributed by atoms with Gasteiger partial charge in [-0.2, -0.15) is 0 Å². The number of alkyl halides is 1. The van der Waals surface area contributed by atoms with Crippen LogP contribution in [0, 0.1) is 0 Å². The van der Waals surface area contributed by atoms with E-state index < -0.39 is 6.17 Å². The first-order valence-electron chi connectivity index (χ1n) is 4.48. The predicted octanol–water partition coefficient (Wildman–Crippen LogP) is 1.37. The van der Waals surface area contributed by atoms with Gasteiger partial charge in [0.1, 0.15) is 6.17 Å². The van der Waals surface area contributed by atoms with Gasteiger partial charge in [0.2, 0.25) is 0 Å². The normalized spacial score (nSPS) is 42.0. The molecule has 3 unspecified atom stereocenters. The third kappa shape index (κ3) is 1.28. The van der Waals surface area contributed by atoms with Crippen LogP contribution in [-0.2, 0) is 4.52 Å². The lowest BCUT2D eigenvalue weighted by Crippen LogP contribution is -2.41. The summed E-state index contributed by atoms with van der Waals surface area (Å²) in [5.74, 6) is 0. The zero-order valence-corrected chi connectivity index (χ0v) is 8.29. The molecular weight excluding hydrogens is 176 g/mol. The zero-order valence-electron chi connectivity index (χ0n) is 7.13. The molecule has 0 aromatic carbocycles. The van der Waals surface area contributed by atoms with E-state index in [9.17, 15) is 4.39 Å². The Hall–Kier alpha value is 0.280. The van der Waals surface area contributed by atoms with Gasteiger partial charge in [-0.1, -0.05) is 0 Å². The van der Waals surface area contributed by atoms with Crippen LogP contribution < -0.4 is 0 Å². The van der Waals surface area contributed by atoms with E-state index in [1.54, 1.807) is 0 Å². The molecule has 0 aliphatic carbocycles. The maximum atomic E-state index is 13.1. The predicted molar refractivity (Wildman–Crippen MR) is 48.7 cm³/mol. The smallest absolute Gasteiger partial charge is 0.115 e. The van der Waals surface area contributed by atoms with Crippen LogP contribution in [0.1, 0.15) is 19.3 Å². The van der Waals surface area contributed by atoms with Crippen molar-refractivity contribution in [1.82, 2.24) is 4.90 Å². The standard InChI is InChI=1S/C8H15FNOP/c9-7-4-8(6-11-12)2-1-3-10(8)5-7/h7H,1-6,12H2. The SMILES string of the molecule is FC1CN2CCCC2(COP)C1. The molecule has 3 atom stereocenters. The third-order valence-electron chi connectivity index (χ3n) is 3.11. The van der Waals surface area contributed by atoms with Crippen molar-refractivity contribution in [3.63, 3.8) is 0 Å². The fraction of sp³-hybridized carbons (Fsp3) is 1.00. The fourth-order valence-electron chi connectivity index (χ4n) is 2.60. The Balaban J connectivity index is 2.09. The molecule has 0 amide bonds. The first-order valence-corrected chi connectivity index (χ1v) is 4.95. The number of fused-ring (bicyclic) bond motifs is 1. The van der Waals surface area contributed by atoms with Crippen LogP contribution in [0.3, 0.4) is 0 Å². The molecule has 12 heavy (non-hydrogen) atoms. The van der Waals surface area contributed by atoms with Gasteiger partial charge in [0, 0.05) is 28.0 Å². The first-order chi connectivity index (χ1) is 5.77. The van der Waals surface area contributed by atoms with Gasteiger partial charge >= 0.3 is 0 Å². The Bertz CT molecular complexity index is 180. The molecule has 0 aromatic heterocycles. The molecular formula is C8H15FNOP. The Morgan fingerprint density at radius 2 is 2.50 bits per heavy atom. The summed E-state index contributed by atoms with van der Waals surface area (Å²) in [5, 5.41) is 0. The quantitative estimate of drug-likeness (QED) is 0.611. The molecule has 2 aliphatic heterocycles. The van der Waals surface area contributed by atoms with Gasteiger partial charge in [-0.25, -0.2) is 4.39 Å². The number of halogens is 1. The molecule has 4 heteroatoms. The lowest BCUT2D eigenvalue weighted by molar-refractivity contribution is 0.126. The van der Waals surface area contributed by atoms with E-state index >= 15 is 0 Å². The van der Waals surface area contributed by atoms with E-state index in [1.165, 1.54) is 6.42 Å². The minimum atomic E-state index is -0.634. The van der Waals surface area contributed by atoms with E-state index in [0.29, 0.717) is 19.6 Å². The van der Waals surface area contributed by atoms with E-state index in [1.807, 2.05) is 0 Å². The third-order valence-corrected chi connectivity index (χ3v) is 3.28. The van der Waals surface area contributed by atoms with Crippen molar-refractivity contribution in [2.45, 2.75) is 31.0 Å². The summed E-state index contributed by atoms with van der Waals surface area (Å²) in [6, 6.07) is 0. The van der Waals surface area contributed by atoms with Crippen LogP contribution >= 0.6 is 9.47 Å². The lowest BCUT2D eigenvalue weighted by Gasteiger charge is -2.30. The maximum absolute atomic E-state index is 13.1. The van der Waals surface area contributed by atoms with Crippen molar-refractivity contribution in [1.29, 1.82) is 0 Å². The van der Waals surface area contributed by atoms with Crippen molar-refractivity contribution < 1.29 is 8.91 Å². The van der Waals surface area contributed by atoms with Gasteiger partial charge in [-0.3, -0.25) is 4.90 Å². The molecule has 70 valence electrons. The highest BCUT2D eigenvalue weighted by Gasteiger charge is 2.48. The molecule has 0 bridgehead atoms. The number of nitrogens with zero attached hydrogens (tertiary/aromatic N) is 1. The summed E-state index contributed by atoms with van der Waals surface area (Å²) in [5.41, 5.74) is 0.0428. The second kappa shape index (κ2) is 3.21. The molecule has 0 radical (unpaired) electrons. The summed E-state index contributed by atoms with van der Waals surface area (Å²) in [4.78, 5) is 2.25. The van der Waals surface area contributed by atoms with Crippen molar-refractivity contribution >= 4 is 9.47 Å². The summed E-state index contributed by atoms with van der Waals surface area (Å²) in [6.45, 7) is 2.33. The van der Waals surface area contributed by atoms with Gasteiger partial charge < -0.3 is 4.52 Å². The van der Waals surface area contributed by atoms with Crippen molar-refractivity contribution in [2.24, 2.45) is 0 Å². The summed E-state index contributed by atoms with van der Waals surface area (Å²) in [7, 11) is 2.26. The van der Waals surface area contributed by atoms with E-state index in [2.05, 4.69) is 14.4 Å². The average Bonchev–Trinajstić information content (AvgIpc) is 2.44. The second-order valence-corrected chi connectivity index (χ2v) is 4.22. The Kier molecular flexibility index (Phi) is 2.37. The van der Waals surface area contributed by atoms with E-state index in [4.69, 9.17) is 4.52 Å². The molecule has 2 aliphatic rings. The highest BCUT2D eigenvalue weighted by atomic mass is 31.0. The molecule has 2 nitrogen and oxygen atoms in total. The Labute approximate surface area is 74.7 Å². The summed E-state index contributed by atoms with van der Waals surface area (Å²) >= 11 is 0. The fourth-order valence-corrected chi connectivity index (χ4v) is 2.91. The van der Waals surface area contributed by atoms with Crippen LogP contribution in [0.25, 0.3) is 0 Å². The van der Waals surface area contributed by atoms with Crippen LogP contribution in [0.2, 0.25) is 0 Å². The topological polar surface area (TPSA) is 12.5 Å². The highest BCUT2D eigenvalue weighted by molar-refractivity contribution is 7.09. The van der Waals surface area contributed by atoms with Gasteiger partial charge in [-0.05, 0) is 19.4 Å². The largest absolute Gasteiger partial charge is 0.364 e. The molecule has 2 rings (SSSR count). The van der Waals surface area contributed by atoms with Crippen molar-refractivity contribution in [3.05, 3.63) is 0 Å². The van der Waals surface area contributed by atoms with Gasteiger partial charge in [0.05, 0.1) is 6.61 Å². The zero-order chi connectivity index (χ0) is 8.60. The van der Waals surface area contributed by atoms with E-state index in [-0.39, 0.29) is 5.54 Å². The minimum absolute atomic E-state index is 0.0428. The average molecular weight is 191 g/mol. The molecule has 0 aromatic rings. The summed E-state index contributed by atoms with van der Waals surface area (Å²) < 4.78 is 18.2. The molecule has 0 saturated carbocycles. The molecule has 0 N–H and O–H groups in total. The van der Waals surface area contributed by atoms with Crippen LogP contribution in [0.5, 0.6) is 0 Å². The lowest BCUT2D eigenvalue weighted by atomic mass is 9.95. The highest BCUT2D eigenvalue weighted by Crippen LogP contribution is 2.40. The van der Waals surface area contributed by atoms with Crippen LogP contribution in [0.4, 0.5) is 4.39 Å². The monoisotopic (exact) mass is 191 g/mol. The van der Waals surface area contributed by atoms with Crippen molar-refractivity contribution in [3.8, 4) is 0 Å². The first kappa shape index (κ1) is 8.86. The minimum Gasteiger partial charge on any atom is -0.364 e. The van der Waals surface area contributed by atoms with Crippen molar-refractivity contribution in [2.75, 3.05) is 19.7 Å². The summed E-state index contributed by atoms with van der Waals surface area (Å²) in [6.07, 6.45) is 2.33. The van der Waals surface area contributed by atoms with Gasteiger partial charge in [0.15, 0.2) is 0 Å². The van der Waals surface area contributed by atoms with Gasteiger partial charge in [0.25, 0.3) is 0 Å². The number of hydrogen-bond acceptors (Lipinski definition) is 2. The van der Waals surface area contributed by atoms with E-state index in [0.717, 1.165) is 13.0 Å². The Morgan fingerprint density at radius 3 is 3.25 bits per heavy atom. The second-order valence-electron chi connectivity index (χ2n) is 3.89. The van der Waals surface area contributed by atoms with Gasteiger partial charge in [-0.15, -0.1) is 0 Å². The van der Waals surface area contributed by atoms with Crippen LogP contribution in [-0.4, -0.2) is 36.3 Å². The Morgan fingerprint density at radius 1 is 1.67 bits per heavy atom. The number of rotatable bonds is 2. The molecule has 0 spiro atoms. The molecule has 2 fully saturated rings.